The first-order chi connectivity index (χ1) is 16.1. The molecule has 0 bridgehead atoms. The standard InChI is InChI=1S/C27H28FN3O2/c1-30-24-13-12-22(28)18-23(24)29-25(30)27(21-10-6-3-7-11-21)14-16-31(17-15-27)26(32)33-19-20-8-4-2-5-9-20/h2-10,12-13,18,21H,11,14-17,19H2,1H3. The van der Waals surface area contributed by atoms with Gasteiger partial charge in [0.25, 0.3) is 0 Å². The van der Waals surface area contributed by atoms with Crippen molar-refractivity contribution < 1.29 is 13.9 Å². The number of hydrogen-bond acceptors (Lipinski definition) is 3. The van der Waals surface area contributed by atoms with Crippen LogP contribution < -0.4 is 0 Å². The van der Waals surface area contributed by atoms with Crippen LogP contribution in [0.3, 0.4) is 0 Å². The molecule has 2 heterocycles. The highest BCUT2D eigenvalue weighted by Crippen LogP contribution is 2.45. The van der Waals surface area contributed by atoms with Gasteiger partial charge in [-0.3, -0.25) is 0 Å². The zero-order chi connectivity index (χ0) is 22.8. The van der Waals surface area contributed by atoms with Crippen molar-refractivity contribution in [2.45, 2.75) is 31.3 Å². The predicted molar refractivity (Wildman–Crippen MR) is 126 cm³/mol. The molecular weight excluding hydrogens is 417 g/mol. The van der Waals surface area contributed by atoms with Gasteiger partial charge in [-0.1, -0.05) is 54.6 Å². The summed E-state index contributed by atoms with van der Waals surface area (Å²) in [5, 5.41) is 0. The first-order valence-corrected chi connectivity index (χ1v) is 11.5. The molecule has 1 unspecified atom stereocenters. The fourth-order valence-corrected chi connectivity index (χ4v) is 5.27. The Morgan fingerprint density at radius 2 is 1.94 bits per heavy atom. The third kappa shape index (κ3) is 4.06. The van der Waals surface area contributed by atoms with E-state index < -0.39 is 0 Å². The Hall–Kier alpha value is -3.41. The second-order valence-electron chi connectivity index (χ2n) is 8.97. The monoisotopic (exact) mass is 445 g/mol. The summed E-state index contributed by atoms with van der Waals surface area (Å²) in [5.41, 5.74) is 2.34. The zero-order valence-electron chi connectivity index (χ0n) is 18.8. The lowest BCUT2D eigenvalue weighted by atomic mass is 9.66. The van der Waals surface area contributed by atoms with Gasteiger partial charge in [0.15, 0.2) is 0 Å². The normalized spacial score (nSPS) is 19.7. The minimum atomic E-state index is -0.280. The van der Waals surface area contributed by atoms with Crippen LogP contribution in [0.4, 0.5) is 9.18 Å². The lowest BCUT2D eigenvalue weighted by molar-refractivity contribution is 0.0681. The Bertz CT molecular complexity index is 1210. The van der Waals surface area contributed by atoms with E-state index in [0.29, 0.717) is 18.6 Å². The Kier molecular flexibility index (Phi) is 5.75. The van der Waals surface area contributed by atoms with Crippen molar-refractivity contribution in [1.29, 1.82) is 0 Å². The molecule has 0 saturated carbocycles. The molecule has 1 atom stereocenters. The maximum atomic E-state index is 13.9. The number of nitrogens with zero attached hydrogens (tertiary/aromatic N) is 3. The topological polar surface area (TPSA) is 47.4 Å². The van der Waals surface area contributed by atoms with E-state index in [0.717, 1.165) is 36.2 Å². The van der Waals surface area contributed by atoms with Crippen LogP contribution in [0.15, 0.2) is 72.8 Å². The molecule has 0 N–H and O–H groups in total. The smallest absolute Gasteiger partial charge is 0.410 e. The van der Waals surface area contributed by atoms with E-state index in [2.05, 4.69) is 28.9 Å². The highest BCUT2D eigenvalue weighted by Gasteiger charge is 2.46. The Morgan fingerprint density at radius 1 is 1.15 bits per heavy atom. The first kappa shape index (κ1) is 21.4. The fourth-order valence-electron chi connectivity index (χ4n) is 5.27. The number of likely N-dealkylation sites (tertiary alicyclic amines) is 1. The number of hydrogen-bond donors (Lipinski definition) is 0. The summed E-state index contributed by atoms with van der Waals surface area (Å²) in [6.07, 6.45) is 10.8. The molecule has 1 saturated heterocycles. The zero-order valence-corrected chi connectivity index (χ0v) is 18.8. The number of aromatic nitrogens is 2. The maximum Gasteiger partial charge on any atom is 0.410 e. The Labute approximate surface area is 193 Å². The highest BCUT2D eigenvalue weighted by atomic mass is 19.1. The predicted octanol–water partition coefficient (Wildman–Crippen LogP) is 5.52. The number of fused-ring (bicyclic) bond motifs is 1. The second-order valence-corrected chi connectivity index (χ2v) is 8.97. The summed E-state index contributed by atoms with van der Waals surface area (Å²) in [5.74, 6) is 0.952. The van der Waals surface area contributed by atoms with E-state index >= 15 is 0 Å². The van der Waals surface area contributed by atoms with Crippen molar-refractivity contribution in [1.82, 2.24) is 14.5 Å². The number of amides is 1. The van der Waals surface area contributed by atoms with Crippen LogP contribution in [0.25, 0.3) is 11.0 Å². The number of halogens is 1. The number of allylic oxidation sites excluding steroid dienone is 4. The van der Waals surface area contributed by atoms with Gasteiger partial charge in [0, 0.05) is 31.6 Å². The van der Waals surface area contributed by atoms with E-state index in [9.17, 15) is 9.18 Å². The largest absolute Gasteiger partial charge is 0.445 e. The number of carbonyl (C=O) groups is 1. The SMILES string of the molecule is Cn1c(C2(C3C=CC=CC3)CCN(C(=O)OCc3ccccc3)CC2)nc2cc(F)ccc21. The van der Waals surface area contributed by atoms with Crippen LogP contribution in [0.2, 0.25) is 0 Å². The van der Waals surface area contributed by atoms with E-state index in [1.807, 2.05) is 37.4 Å². The van der Waals surface area contributed by atoms with Crippen LogP contribution in [0.1, 0.15) is 30.7 Å². The summed E-state index contributed by atoms with van der Waals surface area (Å²) in [6, 6.07) is 14.5. The molecule has 0 spiro atoms. The minimum absolute atomic E-state index is 0.234. The third-order valence-corrected chi connectivity index (χ3v) is 7.10. The van der Waals surface area contributed by atoms with Gasteiger partial charge in [0.2, 0.25) is 0 Å². The highest BCUT2D eigenvalue weighted by molar-refractivity contribution is 5.76. The molecule has 1 aliphatic heterocycles. The van der Waals surface area contributed by atoms with Gasteiger partial charge in [-0.25, -0.2) is 14.2 Å². The van der Waals surface area contributed by atoms with Crippen LogP contribution >= 0.6 is 0 Å². The van der Waals surface area contributed by atoms with Crippen LogP contribution in [-0.4, -0.2) is 33.6 Å². The van der Waals surface area contributed by atoms with Crippen molar-refractivity contribution in [3.05, 3.63) is 90.0 Å². The van der Waals surface area contributed by atoms with Gasteiger partial charge >= 0.3 is 6.09 Å². The number of ether oxygens (including phenoxy) is 1. The number of carbonyl (C=O) groups excluding carboxylic acids is 1. The molecule has 1 amide bonds. The molecular formula is C27H28FN3O2. The maximum absolute atomic E-state index is 13.9. The van der Waals surface area contributed by atoms with Gasteiger partial charge < -0.3 is 14.2 Å². The average Bonchev–Trinajstić information content (AvgIpc) is 3.19. The molecule has 2 aromatic carbocycles. The summed E-state index contributed by atoms with van der Waals surface area (Å²) in [4.78, 5) is 19.5. The Balaban J connectivity index is 1.39. The van der Waals surface area contributed by atoms with Crippen LogP contribution in [0, 0.1) is 11.7 Å². The van der Waals surface area contributed by atoms with Gasteiger partial charge in [0.05, 0.1) is 11.0 Å². The summed E-state index contributed by atoms with van der Waals surface area (Å²) in [7, 11) is 2.01. The van der Waals surface area contributed by atoms with Crippen molar-refractivity contribution in [2.24, 2.45) is 13.0 Å². The fraction of sp³-hybridized carbons (Fsp3) is 0.333. The van der Waals surface area contributed by atoms with Crippen LogP contribution in [-0.2, 0) is 23.8 Å². The van der Waals surface area contributed by atoms with Gasteiger partial charge in [-0.15, -0.1) is 0 Å². The van der Waals surface area contributed by atoms with E-state index in [1.165, 1.54) is 12.1 Å². The molecule has 5 rings (SSSR count). The summed E-state index contributed by atoms with van der Waals surface area (Å²) < 4.78 is 21.6. The molecule has 3 aromatic rings. The van der Waals surface area contributed by atoms with E-state index in [-0.39, 0.29) is 29.9 Å². The summed E-state index contributed by atoms with van der Waals surface area (Å²) in [6.45, 7) is 1.46. The molecule has 0 radical (unpaired) electrons. The molecule has 2 aliphatic rings. The molecule has 6 heteroatoms. The summed E-state index contributed by atoms with van der Waals surface area (Å²) >= 11 is 0. The van der Waals surface area contributed by atoms with E-state index in [1.54, 1.807) is 11.0 Å². The quantitative estimate of drug-likeness (QED) is 0.532. The van der Waals surface area contributed by atoms with Crippen LogP contribution in [0.5, 0.6) is 0 Å². The molecule has 5 nitrogen and oxygen atoms in total. The van der Waals surface area contributed by atoms with Crippen molar-refractivity contribution >= 4 is 17.1 Å². The van der Waals surface area contributed by atoms with Gasteiger partial charge in [-0.05, 0) is 42.9 Å². The minimum Gasteiger partial charge on any atom is -0.445 e. The molecule has 1 aliphatic carbocycles. The number of aryl methyl sites for hydroxylation is 1. The number of piperidine rings is 1. The molecule has 1 fully saturated rings. The lowest BCUT2D eigenvalue weighted by Gasteiger charge is -2.45. The third-order valence-electron chi connectivity index (χ3n) is 7.10. The Morgan fingerprint density at radius 3 is 2.67 bits per heavy atom. The number of rotatable bonds is 4. The average molecular weight is 446 g/mol. The van der Waals surface area contributed by atoms with Crippen molar-refractivity contribution in [3.63, 3.8) is 0 Å². The number of benzene rings is 2. The van der Waals surface area contributed by atoms with Gasteiger partial charge in [0.1, 0.15) is 18.2 Å². The number of imidazole rings is 1. The lowest BCUT2D eigenvalue weighted by Crippen LogP contribution is -2.49. The van der Waals surface area contributed by atoms with Crippen molar-refractivity contribution in [2.75, 3.05) is 13.1 Å². The molecule has 170 valence electrons. The molecule has 33 heavy (non-hydrogen) atoms. The molecule has 1 aromatic heterocycles. The second kappa shape index (κ2) is 8.85. The van der Waals surface area contributed by atoms with Crippen molar-refractivity contribution in [3.8, 4) is 0 Å². The first-order valence-electron chi connectivity index (χ1n) is 11.5. The van der Waals surface area contributed by atoms with Gasteiger partial charge in [-0.2, -0.15) is 0 Å². The van der Waals surface area contributed by atoms with E-state index in [4.69, 9.17) is 9.72 Å².